The monoisotopic (exact) mass is 467 g/mol. The summed E-state index contributed by atoms with van der Waals surface area (Å²) in [5.74, 6) is -0.0948. The van der Waals surface area contributed by atoms with E-state index in [1.807, 2.05) is 0 Å². The molecule has 3 saturated heterocycles. The number of urea groups is 1. The molecule has 4 heterocycles. The summed E-state index contributed by atoms with van der Waals surface area (Å²) in [6, 6.07) is 4.96. The van der Waals surface area contributed by atoms with E-state index in [1.54, 1.807) is 23.1 Å². The van der Waals surface area contributed by atoms with Crippen LogP contribution in [0.2, 0.25) is 10.0 Å². The second-order valence-electron chi connectivity index (χ2n) is 8.06. The molecule has 10 heteroatoms. The van der Waals surface area contributed by atoms with Gasteiger partial charge in [-0.1, -0.05) is 35.0 Å². The molecule has 5 rings (SSSR count). The predicted molar refractivity (Wildman–Crippen MR) is 120 cm³/mol. The average molecular weight is 468 g/mol. The fraction of sp³-hybridized carbons (Fsp3) is 0.500. The van der Waals surface area contributed by atoms with Crippen LogP contribution in [0.1, 0.15) is 19.3 Å². The van der Waals surface area contributed by atoms with Crippen molar-refractivity contribution in [2.24, 2.45) is 5.92 Å². The number of piperidine rings is 2. The third-order valence-corrected chi connectivity index (χ3v) is 7.90. The summed E-state index contributed by atoms with van der Waals surface area (Å²) in [5, 5.41) is 14.0. The van der Waals surface area contributed by atoms with Crippen molar-refractivity contribution < 1.29 is 9.59 Å². The van der Waals surface area contributed by atoms with Crippen LogP contribution in [-0.4, -0.2) is 49.0 Å². The van der Waals surface area contributed by atoms with Crippen molar-refractivity contribution in [2.75, 3.05) is 24.5 Å². The summed E-state index contributed by atoms with van der Waals surface area (Å²) >= 11 is 13.9. The number of benzene rings is 1. The Hall–Kier alpha value is -1.45. The minimum Gasteiger partial charge on any atom is -0.348 e. The van der Waals surface area contributed by atoms with Gasteiger partial charge < -0.3 is 21.3 Å². The maximum absolute atomic E-state index is 13.1. The van der Waals surface area contributed by atoms with Gasteiger partial charge in [0.1, 0.15) is 0 Å². The van der Waals surface area contributed by atoms with Gasteiger partial charge >= 0.3 is 6.03 Å². The normalized spacial score (nSPS) is 30.7. The fourth-order valence-electron chi connectivity index (χ4n) is 4.83. The zero-order valence-electron chi connectivity index (χ0n) is 16.2. The molecule has 7 nitrogen and oxygen atoms in total. The molecule has 4 atom stereocenters. The first-order chi connectivity index (χ1) is 14.5. The summed E-state index contributed by atoms with van der Waals surface area (Å²) in [4.78, 5) is 28.6. The number of thioether (sulfide) groups is 1. The molecule has 3 fully saturated rings. The summed E-state index contributed by atoms with van der Waals surface area (Å²) in [7, 11) is 0. The Morgan fingerprint density at radius 3 is 2.70 bits per heavy atom. The average Bonchev–Trinajstić information content (AvgIpc) is 3.08. The second-order valence-corrected chi connectivity index (χ2v) is 10.1. The van der Waals surface area contributed by atoms with Crippen LogP contribution in [0.4, 0.5) is 10.5 Å². The van der Waals surface area contributed by atoms with E-state index < -0.39 is 0 Å². The van der Waals surface area contributed by atoms with Crippen LogP contribution in [0, 0.1) is 5.92 Å². The van der Waals surface area contributed by atoms with Gasteiger partial charge in [-0.25, -0.2) is 4.79 Å². The topological polar surface area (TPSA) is 85.5 Å². The number of amides is 3. The van der Waals surface area contributed by atoms with Crippen LogP contribution >= 0.6 is 35.0 Å². The molecule has 0 aliphatic carbocycles. The lowest BCUT2D eigenvalue weighted by molar-refractivity contribution is -0.117. The molecule has 160 valence electrons. The van der Waals surface area contributed by atoms with Crippen LogP contribution in [0.25, 0.3) is 0 Å². The predicted octanol–water partition coefficient (Wildman–Crippen LogP) is 2.65. The highest BCUT2D eigenvalue weighted by molar-refractivity contribution is 8.04. The van der Waals surface area contributed by atoms with E-state index in [0.29, 0.717) is 20.6 Å². The quantitative estimate of drug-likeness (QED) is 0.548. The van der Waals surface area contributed by atoms with Crippen molar-refractivity contribution in [3.05, 3.63) is 38.8 Å². The molecular formula is C20H23Cl2N5O2S. The van der Waals surface area contributed by atoms with Gasteiger partial charge in [-0.05, 0) is 50.6 Å². The van der Waals surface area contributed by atoms with Crippen molar-refractivity contribution in [1.82, 2.24) is 21.3 Å². The van der Waals surface area contributed by atoms with Crippen LogP contribution in [-0.2, 0) is 4.79 Å². The Balaban J connectivity index is 1.45. The number of anilines is 1. The fourth-order valence-corrected chi connectivity index (χ4v) is 6.74. The number of halogens is 2. The minimum atomic E-state index is -0.252. The highest BCUT2D eigenvalue weighted by Crippen LogP contribution is 2.48. The first-order valence-electron chi connectivity index (χ1n) is 10.2. The van der Waals surface area contributed by atoms with Gasteiger partial charge in [0.2, 0.25) is 0 Å². The summed E-state index contributed by atoms with van der Waals surface area (Å²) in [6.07, 6.45) is 2.80. The highest BCUT2D eigenvalue weighted by atomic mass is 35.5. The molecule has 4 N–H and O–H groups in total. The standard InChI is InChI=1S/C20H23Cl2N5O2S/c21-10-6-11(22)8-13(7-10)27-14-3-5-24-19-15(14)16(26-20(27)29)17(30-19)18(28)25-12-2-1-4-23-9-12/h6-8,12,14-15,19,23-24H,1-5,9H2,(H,25,28)(H,26,29)/t12-,14?,15?,19?/m1/s1. The Kier molecular flexibility index (Phi) is 5.62. The number of hydrogen-bond donors (Lipinski definition) is 4. The Bertz CT molecular complexity index is 900. The van der Waals surface area contributed by atoms with E-state index >= 15 is 0 Å². The molecule has 30 heavy (non-hydrogen) atoms. The van der Waals surface area contributed by atoms with Gasteiger partial charge in [-0.2, -0.15) is 0 Å². The molecule has 4 aliphatic heterocycles. The van der Waals surface area contributed by atoms with Gasteiger partial charge in [0.05, 0.1) is 16.3 Å². The first-order valence-corrected chi connectivity index (χ1v) is 11.9. The van der Waals surface area contributed by atoms with Crippen molar-refractivity contribution in [2.45, 2.75) is 36.7 Å². The minimum absolute atomic E-state index is 0.00411. The molecule has 0 saturated carbocycles. The SMILES string of the molecule is O=C(N[C@@H]1CCCNC1)C1=C2NC(=O)N(c3cc(Cl)cc(Cl)c3)C3CCNC(S1)C23. The summed E-state index contributed by atoms with van der Waals surface area (Å²) in [6.45, 7) is 2.54. The molecule has 1 aromatic carbocycles. The van der Waals surface area contributed by atoms with Gasteiger partial charge in [0, 0.05) is 39.9 Å². The molecule has 4 aliphatic rings. The van der Waals surface area contributed by atoms with Gasteiger partial charge in [0.25, 0.3) is 5.91 Å². The lowest BCUT2D eigenvalue weighted by Gasteiger charge is -2.45. The lowest BCUT2D eigenvalue weighted by Crippen LogP contribution is -2.62. The third kappa shape index (κ3) is 3.69. The second kappa shape index (κ2) is 8.24. The number of carbonyl (C=O) groups excluding carboxylic acids is 2. The van der Waals surface area contributed by atoms with Crippen LogP contribution in [0.5, 0.6) is 0 Å². The third-order valence-electron chi connectivity index (χ3n) is 6.10. The zero-order valence-corrected chi connectivity index (χ0v) is 18.5. The van der Waals surface area contributed by atoms with Crippen molar-refractivity contribution >= 4 is 52.6 Å². The molecule has 0 bridgehead atoms. The largest absolute Gasteiger partial charge is 0.348 e. The van der Waals surface area contributed by atoms with E-state index in [-0.39, 0.29) is 35.3 Å². The van der Waals surface area contributed by atoms with E-state index in [9.17, 15) is 9.59 Å². The van der Waals surface area contributed by atoms with E-state index in [2.05, 4.69) is 21.3 Å². The van der Waals surface area contributed by atoms with Gasteiger partial charge in [-0.15, -0.1) is 0 Å². The number of nitrogens with zero attached hydrogens (tertiary/aromatic N) is 1. The Morgan fingerprint density at radius 2 is 1.97 bits per heavy atom. The highest BCUT2D eigenvalue weighted by Gasteiger charge is 2.51. The van der Waals surface area contributed by atoms with Crippen LogP contribution in [0.3, 0.4) is 0 Å². The van der Waals surface area contributed by atoms with Crippen LogP contribution in [0.15, 0.2) is 28.8 Å². The van der Waals surface area contributed by atoms with Crippen molar-refractivity contribution in [3.8, 4) is 0 Å². The number of hydrogen-bond acceptors (Lipinski definition) is 5. The number of rotatable bonds is 3. The molecule has 0 aromatic heterocycles. The Morgan fingerprint density at radius 1 is 1.17 bits per heavy atom. The molecular weight excluding hydrogens is 445 g/mol. The molecule has 0 radical (unpaired) electrons. The summed E-state index contributed by atoms with van der Waals surface area (Å²) in [5.41, 5.74) is 1.41. The number of carbonyl (C=O) groups is 2. The molecule has 0 spiro atoms. The maximum atomic E-state index is 13.1. The van der Waals surface area contributed by atoms with Crippen molar-refractivity contribution in [3.63, 3.8) is 0 Å². The van der Waals surface area contributed by atoms with Crippen LogP contribution < -0.4 is 26.2 Å². The van der Waals surface area contributed by atoms with Crippen molar-refractivity contribution in [1.29, 1.82) is 0 Å². The zero-order chi connectivity index (χ0) is 20.8. The van der Waals surface area contributed by atoms with Gasteiger partial charge in [0.15, 0.2) is 0 Å². The smallest absolute Gasteiger partial charge is 0.326 e. The molecule has 3 unspecified atom stereocenters. The number of nitrogens with one attached hydrogen (secondary N) is 4. The van der Waals surface area contributed by atoms with E-state index in [0.717, 1.165) is 44.6 Å². The molecule has 3 amide bonds. The lowest BCUT2D eigenvalue weighted by atomic mass is 9.86. The molecule has 1 aromatic rings. The van der Waals surface area contributed by atoms with E-state index in [4.69, 9.17) is 23.2 Å². The van der Waals surface area contributed by atoms with E-state index in [1.165, 1.54) is 11.8 Å². The maximum Gasteiger partial charge on any atom is 0.326 e. The summed E-state index contributed by atoms with van der Waals surface area (Å²) < 4.78 is 0. The first kappa shape index (κ1) is 20.5. The Labute approximate surface area is 189 Å². The van der Waals surface area contributed by atoms with Gasteiger partial charge in [-0.3, -0.25) is 9.69 Å².